The average Bonchev–Trinajstić information content (AvgIpc) is 3.37. The highest BCUT2D eigenvalue weighted by molar-refractivity contribution is 7.16. The zero-order valence-corrected chi connectivity index (χ0v) is 17.8. The van der Waals surface area contributed by atoms with E-state index in [0.717, 1.165) is 67.8 Å². The van der Waals surface area contributed by atoms with Crippen molar-refractivity contribution in [3.63, 3.8) is 0 Å². The molecule has 0 saturated carbocycles. The molecule has 154 valence electrons. The Hall–Kier alpha value is -2.77. The van der Waals surface area contributed by atoms with Gasteiger partial charge in [-0.3, -0.25) is 4.90 Å². The van der Waals surface area contributed by atoms with E-state index in [2.05, 4.69) is 80.7 Å². The van der Waals surface area contributed by atoms with E-state index in [9.17, 15) is 0 Å². The van der Waals surface area contributed by atoms with Crippen LogP contribution in [0, 0.1) is 0 Å². The summed E-state index contributed by atoms with van der Waals surface area (Å²) in [5.41, 5.74) is 2.69. The topological polar surface area (TPSA) is 49.6 Å². The van der Waals surface area contributed by atoms with Crippen LogP contribution in [0.4, 0.5) is 5.69 Å². The number of piperazine rings is 1. The maximum Gasteiger partial charge on any atom is 0.234 e. The number of anilines is 1. The molecule has 6 nitrogen and oxygen atoms in total. The Balaban J connectivity index is 1.17. The second kappa shape index (κ2) is 8.93. The van der Waals surface area contributed by atoms with Gasteiger partial charge < -0.3 is 4.90 Å². The Morgan fingerprint density at radius 3 is 2.30 bits per heavy atom. The number of aryl methyl sites for hydroxylation is 2. The lowest BCUT2D eigenvalue weighted by Gasteiger charge is -2.35. The predicted octanol–water partition coefficient (Wildman–Crippen LogP) is 3.68. The molecular weight excluding hydrogens is 392 g/mol. The van der Waals surface area contributed by atoms with Crippen molar-refractivity contribution >= 4 is 22.0 Å². The van der Waals surface area contributed by atoms with Gasteiger partial charge in [-0.1, -0.05) is 59.9 Å². The Morgan fingerprint density at radius 1 is 0.800 bits per heavy atom. The highest BCUT2D eigenvalue weighted by Gasteiger charge is 2.20. The van der Waals surface area contributed by atoms with Crippen LogP contribution in [0.5, 0.6) is 0 Å². The first kappa shape index (κ1) is 19.2. The van der Waals surface area contributed by atoms with Crippen LogP contribution in [0.15, 0.2) is 60.7 Å². The van der Waals surface area contributed by atoms with Gasteiger partial charge in [-0.05, 0) is 30.5 Å². The molecule has 2 aromatic carbocycles. The molecule has 0 N–H and O–H groups in total. The van der Waals surface area contributed by atoms with Crippen LogP contribution in [-0.4, -0.2) is 50.9 Å². The first-order valence-electron chi connectivity index (χ1n) is 10.6. The molecule has 0 atom stereocenters. The van der Waals surface area contributed by atoms with E-state index in [0.29, 0.717) is 0 Å². The third-order valence-corrected chi connectivity index (χ3v) is 6.61. The normalized spacial score (nSPS) is 15.1. The van der Waals surface area contributed by atoms with Gasteiger partial charge in [-0.25, -0.2) is 0 Å². The second-order valence-corrected chi connectivity index (χ2v) is 8.78. The fourth-order valence-corrected chi connectivity index (χ4v) is 4.88. The average molecular weight is 419 g/mol. The lowest BCUT2D eigenvalue weighted by Crippen LogP contribution is -2.46. The summed E-state index contributed by atoms with van der Waals surface area (Å²) in [6.07, 6.45) is 3.17. The SMILES string of the molecule is c1ccc(CCCc2nn3c(CN4CCN(c5ccccc5)CC4)nnc3s2)cc1. The van der Waals surface area contributed by atoms with E-state index in [1.165, 1.54) is 11.3 Å². The van der Waals surface area contributed by atoms with E-state index in [-0.39, 0.29) is 0 Å². The number of para-hydroxylation sites is 1. The third kappa shape index (κ3) is 4.37. The molecule has 1 saturated heterocycles. The van der Waals surface area contributed by atoms with Crippen LogP contribution in [0.25, 0.3) is 4.96 Å². The van der Waals surface area contributed by atoms with Crippen molar-refractivity contribution < 1.29 is 0 Å². The summed E-state index contributed by atoms with van der Waals surface area (Å²) in [6.45, 7) is 4.92. The largest absolute Gasteiger partial charge is 0.369 e. The van der Waals surface area contributed by atoms with Gasteiger partial charge in [-0.2, -0.15) is 9.61 Å². The van der Waals surface area contributed by atoms with Crippen molar-refractivity contribution in [2.75, 3.05) is 31.1 Å². The molecule has 2 aromatic heterocycles. The molecule has 30 heavy (non-hydrogen) atoms. The molecule has 0 aliphatic carbocycles. The molecule has 1 aliphatic heterocycles. The summed E-state index contributed by atoms with van der Waals surface area (Å²) >= 11 is 1.66. The number of benzene rings is 2. The van der Waals surface area contributed by atoms with Crippen molar-refractivity contribution in [2.24, 2.45) is 0 Å². The monoisotopic (exact) mass is 418 g/mol. The first-order chi connectivity index (χ1) is 14.8. The van der Waals surface area contributed by atoms with Crippen LogP contribution in [0.2, 0.25) is 0 Å². The summed E-state index contributed by atoms with van der Waals surface area (Å²) in [4.78, 5) is 5.80. The first-order valence-corrected chi connectivity index (χ1v) is 11.4. The van der Waals surface area contributed by atoms with Crippen molar-refractivity contribution in [2.45, 2.75) is 25.8 Å². The Labute approximate surface area is 180 Å². The molecule has 1 fully saturated rings. The van der Waals surface area contributed by atoms with Crippen molar-refractivity contribution in [3.05, 3.63) is 77.1 Å². The summed E-state index contributed by atoms with van der Waals surface area (Å²) in [7, 11) is 0. The summed E-state index contributed by atoms with van der Waals surface area (Å²) < 4.78 is 1.95. The smallest absolute Gasteiger partial charge is 0.234 e. The minimum atomic E-state index is 0.803. The molecule has 1 aliphatic rings. The Kier molecular flexibility index (Phi) is 5.72. The van der Waals surface area contributed by atoms with Crippen molar-refractivity contribution in [1.29, 1.82) is 0 Å². The molecule has 0 spiro atoms. The standard InChI is InChI=1S/C23H26N6S/c1-3-8-19(9-4-1)10-7-13-22-26-29-21(24-25-23(29)30-22)18-27-14-16-28(17-15-27)20-11-5-2-6-12-20/h1-6,8-9,11-12H,7,10,13-18H2. The van der Waals surface area contributed by atoms with Crippen LogP contribution < -0.4 is 4.90 Å². The molecule has 3 heterocycles. The zero-order valence-electron chi connectivity index (χ0n) is 17.0. The fraction of sp³-hybridized carbons (Fsp3) is 0.348. The number of aromatic nitrogens is 4. The maximum atomic E-state index is 4.80. The summed E-state index contributed by atoms with van der Waals surface area (Å²) in [5, 5.41) is 14.7. The Morgan fingerprint density at radius 2 is 1.53 bits per heavy atom. The second-order valence-electron chi connectivity index (χ2n) is 7.74. The van der Waals surface area contributed by atoms with Crippen molar-refractivity contribution in [3.8, 4) is 0 Å². The van der Waals surface area contributed by atoms with Crippen LogP contribution >= 0.6 is 11.3 Å². The molecule has 0 radical (unpaired) electrons. The highest BCUT2D eigenvalue weighted by atomic mass is 32.1. The minimum Gasteiger partial charge on any atom is -0.369 e. The molecule has 7 heteroatoms. The lowest BCUT2D eigenvalue weighted by molar-refractivity contribution is 0.242. The number of fused-ring (bicyclic) bond motifs is 1. The number of nitrogens with zero attached hydrogens (tertiary/aromatic N) is 6. The van der Waals surface area contributed by atoms with Crippen LogP contribution in [0.1, 0.15) is 22.8 Å². The van der Waals surface area contributed by atoms with Gasteiger partial charge in [0.15, 0.2) is 5.82 Å². The highest BCUT2D eigenvalue weighted by Crippen LogP contribution is 2.19. The van der Waals surface area contributed by atoms with Crippen LogP contribution in [-0.2, 0) is 19.4 Å². The third-order valence-electron chi connectivity index (χ3n) is 5.65. The quantitative estimate of drug-likeness (QED) is 0.458. The van der Waals surface area contributed by atoms with Gasteiger partial charge in [0.2, 0.25) is 4.96 Å². The molecule has 0 unspecified atom stereocenters. The molecule has 0 amide bonds. The molecule has 5 rings (SSSR count). The maximum absolute atomic E-state index is 4.80. The van der Waals surface area contributed by atoms with E-state index in [4.69, 9.17) is 5.10 Å². The summed E-state index contributed by atoms with van der Waals surface area (Å²) in [5.74, 6) is 0.948. The van der Waals surface area contributed by atoms with E-state index < -0.39 is 0 Å². The predicted molar refractivity (Wildman–Crippen MR) is 121 cm³/mol. The molecular formula is C23H26N6S. The van der Waals surface area contributed by atoms with Gasteiger partial charge in [-0.15, -0.1) is 10.2 Å². The molecule has 0 bridgehead atoms. The number of rotatable bonds is 7. The lowest BCUT2D eigenvalue weighted by atomic mass is 10.1. The summed E-state index contributed by atoms with van der Waals surface area (Å²) in [6, 6.07) is 21.3. The van der Waals surface area contributed by atoms with Gasteiger partial charge in [0.25, 0.3) is 0 Å². The van der Waals surface area contributed by atoms with E-state index in [1.54, 1.807) is 11.3 Å². The Bertz CT molecular complexity index is 1070. The van der Waals surface area contributed by atoms with E-state index >= 15 is 0 Å². The zero-order chi connectivity index (χ0) is 20.2. The van der Waals surface area contributed by atoms with Gasteiger partial charge in [0.1, 0.15) is 5.01 Å². The van der Waals surface area contributed by atoms with Crippen molar-refractivity contribution in [1.82, 2.24) is 24.7 Å². The fourth-order valence-electron chi connectivity index (χ4n) is 3.99. The van der Waals surface area contributed by atoms with E-state index in [1.807, 2.05) is 4.52 Å². The van der Waals surface area contributed by atoms with Gasteiger partial charge in [0.05, 0.1) is 6.54 Å². The number of hydrogen-bond donors (Lipinski definition) is 0. The number of hydrogen-bond acceptors (Lipinski definition) is 6. The van der Waals surface area contributed by atoms with Gasteiger partial charge in [0, 0.05) is 38.3 Å². The van der Waals surface area contributed by atoms with Gasteiger partial charge >= 0.3 is 0 Å². The van der Waals surface area contributed by atoms with Crippen LogP contribution in [0.3, 0.4) is 0 Å². The molecule has 4 aromatic rings. The minimum absolute atomic E-state index is 0.803.